The fourth-order valence-electron chi connectivity index (χ4n) is 2.16. The summed E-state index contributed by atoms with van der Waals surface area (Å²) >= 11 is 0.739. The largest absolute Gasteiger partial charge is 0.457 e. The molecular weight excluding hydrogens is 395 g/mol. The number of nitrogens with two attached hydrogens (primary N) is 1. The van der Waals surface area contributed by atoms with Crippen LogP contribution in [0, 0.1) is 0 Å². The van der Waals surface area contributed by atoms with Crippen LogP contribution in [0.4, 0.5) is 18.9 Å². The van der Waals surface area contributed by atoms with Crippen molar-refractivity contribution in [2.24, 2.45) is 0 Å². The number of para-hydroxylation sites is 1. The number of alkyl halides is 3. The summed E-state index contributed by atoms with van der Waals surface area (Å²) in [6, 6.07) is 15.8. The number of halogens is 3. The highest BCUT2D eigenvalue weighted by atomic mass is 32.2. The molecule has 0 unspecified atom stereocenters. The van der Waals surface area contributed by atoms with E-state index < -0.39 is 17.9 Å². The van der Waals surface area contributed by atoms with Gasteiger partial charge in [-0.15, -0.1) is 10.2 Å². The third-order valence-electron chi connectivity index (χ3n) is 3.35. The van der Waals surface area contributed by atoms with Gasteiger partial charge in [-0.2, -0.15) is 13.2 Å². The van der Waals surface area contributed by atoms with Gasteiger partial charge in [0.1, 0.15) is 11.5 Å². The second kappa shape index (κ2) is 8.21. The summed E-state index contributed by atoms with van der Waals surface area (Å²) in [4.78, 5) is 12.1. The van der Waals surface area contributed by atoms with Crippen LogP contribution in [-0.2, 0) is 11.0 Å². The van der Waals surface area contributed by atoms with Gasteiger partial charge < -0.3 is 15.9 Å². The van der Waals surface area contributed by atoms with E-state index in [1.807, 2.05) is 18.2 Å². The quantitative estimate of drug-likeness (QED) is 0.478. The Morgan fingerprint density at radius 3 is 2.50 bits per heavy atom. The van der Waals surface area contributed by atoms with Gasteiger partial charge in [0.05, 0.1) is 5.75 Å². The molecule has 2 aromatic carbocycles. The number of ether oxygens (including phenoxy) is 1. The van der Waals surface area contributed by atoms with E-state index in [9.17, 15) is 18.0 Å². The van der Waals surface area contributed by atoms with Gasteiger partial charge in [-0.25, -0.2) is 4.68 Å². The summed E-state index contributed by atoms with van der Waals surface area (Å²) in [5, 5.41) is 8.76. The smallest absolute Gasteiger partial charge is 0.453 e. The molecule has 1 amide bonds. The number of hydrogen-bond donors (Lipinski definition) is 2. The van der Waals surface area contributed by atoms with Crippen molar-refractivity contribution in [2.45, 2.75) is 11.3 Å². The van der Waals surface area contributed by atoms with E-state index in [0.29, 0.717) is 21.9 Å². The average molecular weight is 409 g/mol. The van der Waals surface area contributed by atoms with Crippen LogP contribution < -0.4 is 15.9 Å². The Morgan fingerprint density at radius 2 is 1.82 bits per heavy atom. The van der Waals surface area contributed by atoms with Gasteiger partial charge in [-0.3, -0.25) is 4.79 Å². The van der Waals surface area contributed by atoms with E-state index in [2.05, 4.69) is 15.5 Å². The Hall–Kier alpha value is -3.21. The lowest BCUT2D eigenvalue weighted by Gasteiger charge is -2.09. The first-order valence-electron chi connectivity index (χ1n) is 7.86. The number of thioether (sulfide) groups is 1. The monoisotopic (exact) mass is 409 g/mol. The van der Waals surface area contributed by atoms with Gasteiger partial charge in [-0.1, -0.05) is 36.0 Å². The van der Waals surface area contributed by atoms with Crippen LogP contribution in [-0.4, -0.2) is 26.5 Å². The summed E-state index contributed by atoms with van der Waals surface area (Å²) in [7, 11) is 0. The molecule has 3 rings (SSSR count). The SMILES string of the molecule is Nn1c(SCC(=O)Nc2cccc(Oc3ccccc3)c2)nnc1C(F)(F)F. The zero-order valence-corrected chi connectivity index (χ0v) is 15.0. The van der Waals surface area contributed by atoms with Crippen LogP contribution in [0.1, 0.15) is 5.82 Å². The molecule has 0 atom stereocenters. The molecule has 3 aromatic rings. The first-order chi connectivity index (χ1) is 13.3. The van der Waals surface area contributed by atoms with E-state index in [-0.39, 0.29) is 10.9 Å². The van der Waals surface area contributed by atoms with Crippen molar-refractivity contribution in [3.05, 3.63) is 60.4 Å². The van der Waals surface area contributed by atoms with Crippen molar-refractivity contribution < 1.29 is 22.7 Å². The number of carbonyl (C=O) groups is 1. The molecule has 0 bridgehead atoms. The number of anilines is 1. The van der Waals surface area contributed by atoms with Crippen molar-refractivity contribution in [1.29, 1.82) is 0 Å². The van der Waals surface area contributed by atoms with Crippen molar-refractivity contribution in [3.8, 4) is 11.5 Å². The summed E-state index contributed by atoms with van der Waals surface area (Å²) in [5.74, 6) is 4.51. The Kier molecular flexibility index (Phi) is 5.73. The summed E-state index contributed by atoms with van der Waals surface area (Å²) in [6.45, 7) is 0. The Balaban J connectivity index is 1.58. The highest BCUT2D eigenvalue weighted by Gasteiger charge is 2.38. The number of nitrogen functional groups attached to an aromatic ring is 1. The van der Waals surface area contributed by atoms with Gasteiger partial charge >= 0.3 is 6.18 Å². The van der Waals surface area contributed by atoms with E-state index in [1.54, 1.807) is 36.4 Å². The standard InChI is InChI=1S/C17H14F3N5O2S/c18-17(19,20)15-23-24-16(25(15)21)28-10-14(26)22-11-5-4-8-13(9-11)27-12-6-2-1-3-7-12/h1-9H,10,21H2,(H,22,26). The lowest BCUT2D eigenvalue weighted by molar-refractivity contribution is -0.146. The number of carbonyl (C=O) groups excluding carboxylic acids is 1. The molecule has 0 saturated carbocycles. The molecule has 146 valence electrons. The molecule has 0 aliphatic carbocycles. The molecule has 0 aliphatic heterocycles. The number of amides is 1. The number of rotatable bonds is 6. The first kappa shape index (κ1) is 19.5. The minimum atomic E-state index is -4.72. The van der Waals surface area contributed by atoms with Crippen LogP contribution in [0.5, 0.6) is 11.5 Å². The maximum atomic E-state index is 12.6. The van der Waals surface area contributed by atoms with Crippen LogP contribution in [0.25, 0.3) is 0 Å². The first-order valence-corrected chi connectivity index (χ1v) is 8.85. The highest BCUT2D eigenvalue weighted by Crippen LogP contribution is 2.29. The third-order valence-corrected chi connectivity index (χ3v) is 4.29. The summed E-state index contributed by atoms with van der Waals surface area (Å²) in [5.41, 5.74) is 0.476. The predicted octanol–water partition coefficient (Wildman–Crippen LogP) is 3.53. The molecule has 0 saturated heterocycles. The summed E-state index contributed by atoms with van der Waals surface area (Å²) < 4.78 is 43.9. The number of benzene rings is 2. The molecule has 3 N–H and O–H groups in total. The van der Waals surface area contributed by atoms with Crippen LogP contribution in [0.15, 0.2) is 59.8 Å². The normalized spacial score (nSPS) is 11.2. The van der Waals surface area contributed by atoms with Gasteiger partial charge in [0.25, 0.3) is 5.82 Å². The third kappa shape index (κ3) is 4.94. The van der Waals surface area contributed by atoms with E-state index in [1.165, 1.54) is 0 Å². The molecule has 0 radical (unpaired) electrons. The number of hydrogen-bond acceptors (Lipinski definition) is 6. The second-order valence-corrected chi connectivity index (χ2v) is 6.40. The maximum Gasteiger partial charge on any atom is 0.453 e. The Bertz CT molecular complexity index is 963. The minimum Gasteiger partial charge on any atom is -0.457 e. The van der Waals surface area contributed by atoms with E-state index in [0.717, 1.165) is 11.8 Å². The molecule has 0 fully saturated rings. The average Bonchev–Trinajstić information content (AvgIpc) is 3.02. The van der Waals surface area contributed by atoms with Gasteiger partial charge in [0, 0.05) is 11.8 Å². The number of nitrogens with zero attached hydrogens (tertiary/aromatic N) is 3. The molecule has 1 aromatic heterocycles. The highest BCUT2D eigenvalue weighted by molar-refractivity contribution is 7.99. The van der Waals surface area contributed by atoms with E-state index >= 15 is 0 Å². The Morgan fingerprint density at radius 1 is 1.11 bits per heavy atom. The van der Waals surface area contributed by atoms with Gasteiger partial charge in [0.15, 0.2) is 0 Å². The molecular formula is C17H14F3N5O2S. The van der Waals surface area contributed by atoms with Crippen LogP contribution in [0.3, 0.4) is 0 Å². The van der Waals surface area contributed by atoms with Crippen molar-refractivity contribution >= 4 is 23.4 Å². The maximum absolute atomic E-state index is 12.6. The fraction of sp³-hybridized carbons (Fsp3) is 0.118. The second-order valence-electron chi connectivity index (χ2n) is 5.45. The molecule has 7 nitrogen and oxygen atoms in total. The minimum absolute atomic E-state index is 0.197. The zero-order valence-electron chi connectivity index (χ0n) is 14.2. The zero-order chi connectivity index (χ0) is 20.1. The van der Waals surface area contributed by atoms with Gasteiger partial charge in [-0.05, 0) is 24.3 Å². The number of nitrogens with one attached hydrogen (secondary N) is 1. The molecule has 11 heteroatoms. The fourth-order valence-corrected chi connectivity index (χ4v) is 2.81. The van der Waals surface area contributed by atoms with Crippen LogP contribution in [0.2, 0.25) is 0 Å². The van der Waals surface area contributed by atoms with Crippen molar-refractivity contribution in [3.63, 3.8) is 0 Å². The molecule has 1 heterocycles. The van der Waals surface area contributed by atoms with Crippen molar-refractivity contribution in [2.75, 3.05) is 16.9 Å². The molecule has 28 heavy (non-hydrogen) atoms. The predicted molar refractivity (Wildman–Crippen MR) is 97.5 cm³/mol. The lowest BCUT2D eigenvalue weighted by Crippen LogP contribution is -2.22. The van der Waals surface area contributed by atoms with Crippen molar-refractivity contribution in [1.82, 2.24) is 14.9 Å². The van der Waals surface area contributed by atoms with Crippen LogP contribution >= 0.6 is 11.8 Å². The molecule has 0 spiro atoms. The Labute approximate surface area is 161 Å². The summed E-state index contributed by atoms with van der Waals surface area (Å²) in [6.07, 6.45) is -4.72. The molecule has 0 aliphatic rings. The topological polar surface area (TPSA) is 95.1 Å². The van der Waals surface area contributed by atoms with Gasteiger partial charge in [0.2, 0.25) is 11.1 Å². The number of aromatic nitrogens is 3. The van der Waals surface area contributed by atoms with E-state index in [4.69, 9.17) is 10.6 Å². The lowest BCUT2D eigenvalue weighted by atomic mass is 10.3.